The summed E-state index contributed by atoms with van der Waals surface area (Å²) in [7, 11) is 1.50. The highest BCUT2D eigenvalue weighted by Crippen LogP contribution is 2.32. The van der Waals surface area contributed by atoms with Gasteiger partial charge >= 0.3 is 5.97 Å². The first-order valence-electron chi connectivity index (χ1n) is 6.56. The van der Waals surface area contributed by atoms with Crippen molar-refractivity contribution >= 4 is 11.9 Å². The molecule has 1 amide bonds. The molecule has 0 bridgehead atoms. The van der Waals surface area contributed by atoms with Crippen LogP contribution in [0.25, 0.3) is 0 Å². The van der Waals surface area contributed by atoms with Gasteiger partial charge in [0.1, 0.15) is 6.04 Å². The van der Waals surface area contributed by atoms with E-state index in [1.54, 1.807) is 0 Å². The minimum Gasteiger partial charge on any atom is -0.480 e. The first-order valence-corrected chi connectivity index (χ1v) is 6.56. The molecule has 0 saturated carbocycles. The smallest absolute Gasteiger partial charge is 0.326 e. The van der Waals surface area contributed by atoms with Crippen molar-refractivity contribution in [3.05, 3.63) is 0 Å². The Hall–Kier alpha value is -1.14. The zero-order chi connectivity index (χ0) is 14.6. The lowest BCUT2D eigenvalue weighted by molar-refractivity contribution is -0.143. The van der Waals surface area contributed by atoms with Gasteiger partial charge in [-0.25, -0.2) is 4.79 Å². The molecule has 1 rings (SSSR count). The number of nitrogens with one attached hydrogen (secondary N) is 1. The van der Waals surface area contributed by atoms with Crippen molar-refractivity contribution in [3.63, 3.8) is 0 Å². The average Bonchev–Trinajstić information content (AvgIpc) is 2.58. The van der Waals surface area contributed by atoms with Gasteiger partial charge < -0.3 is 19.9 Å². The third-order valence-corrected chi connectivity index (χ3v) is 3.77. The van der Waals surface area contributed by atoms with Crippen molar-refractivity contribution in [3.8, 4) is 0 Å². The number of aliphatic carboxylic acids is 1. The molecule has 6 heteroatoms. The highest BCUT2D eigenvalue weighted by Gasteiger charge is 2.42. The number of carbonyl (C=O) groups excluding carboxylic acids is 1. The van der Waals surface area contributed by atoms with Crippen LogP contribution >= 0.6 is 0 Å². The van der Waals surface area contributed by atoms with Gasteiger partial charge in [0, 0.05) is 20.1 Å². The topological polar surface area (TPSA) is 84.9 Å². The Balaban J connectivity index is 2.63. The SMILES string of the molecule is COCCC(NC(=O)C1C(C)OC(C)C1C)C(=O)O. The minimum absolute atomic E-state index is 0.00741. The van der Waals surface area contributed by atoms with Crippen LogP contribution in [0.15, 0.2) is 0 Å². The molecule has 1 heterocycles. The Morgan fingerprint density at radius 2 is 1.95 bits per heavy atom. The summed E-state index contributed by atoms with van der Waals surface area (Å²) in [5.74, 6) is -1.53. The number of hydrogen-bond donors (Lipinski definition) is 2. The molecule has 0 aliphatic carbocycles. The molecule has 1 saturated heterocycles. The molecule has 5 unspecified atom stereocenters. The zero-order valence-electron chi connectivity index (χ0n) is 11.9. The summed E-state index contributed by atoms with van der Waals surface area (Å²) in [4.78, 5) is 23.3. The van der Waals surface area contributed by atoms with Gasteiger partial charge in [-0.15, -0.1) is 0 Å². The molecule has 5 atom stereocenters. The van der Waals surface area contributed by atoms with Crippen LogP contribution in [-0.4, -0.2) is 48.9 Å². The maximum absolute atomic E-state index is 12.2. The van der Waals surface area contributed by atoms with Crippen LogP contribution in [0, 0.1) is 11.8 Å². The summed E-state index contributed by atoms with van der Waals surface area (Å²) in [5, 5.41) is 11.6. The lowest BCUT2D eigenvalue weighted by atomic mass is 9.88. The maximum Gasteiger partial charge on any atom is 0.326 e. The normalized spacial score (nSPS) is 32.0. The summed E-state index contributed by atoms with van der Waals surface area (Å²) in [6, 6.07) is -0.914. The lowest BCUT2D eigenvalue weighted by Crippen LogP contribution is -2.46. The molecule has 1 aliphatic heterocycles. The van der Waals surface area contributed by atoms with Crippen molar-refractivity contribution in [2.45, 2.75) is 45.4 Å². The molecule has 19 heavy (non-hydrogen) atoms. The number of carbonyl (C=O) groups is 2. The van der Waals surface area contributed by atoms with Gasteiger partial charge in [-0.2, -0.15) is 0 Å². The molecule has 110 valence electrons. The third kappa shape index (κ3) is 3.91. The molecule has 1 aliphatic rings. The standard InChI is InChI=1S/C13H23NO5/c1-7-8(2)19-9(3)11(7)12(15)14-10(13(16)17)5-6-18-4/h7-11H,5-6H2,1-4H3,(H,14,15)(H,16,17). The van der Waals surface area contributed by atoms with Crippen LogP contribution in [-0.2, 0) is 19.1 Å². The first-order chi connectivity index (χ1) is 8.88. The number of rotatable bonds is 6. The van der Waals surface area contributed by atoms with Crippen molar-refractivity contribution in [1.82, 2.24) is 5.32 Å². The van der Waals surface area contributed by atoms with E-state index in [1.165, 1.54) is 7.11 Å². The molecule has 0 spiro atoms. The Labute approximate surface area is 113 Å². The molecular weight excluding hydrogens is 250 g/mol. The fourth-order valence-electron chi connectivity index (χ4n) is 2.48. The maximum atomic E-state index is 12.2. The second-order valence-electron chi connectivity index (χ2n) is 5.11. The second-order valence-corrected chi connectivity index (χ2v) is 5.11. The van der Waals surface area contributed by atoms with E-state index in [1.807, 2.05) is 20.8 Å². The summed E-state index contributed by atoms with van der Waals surface area (Å²) in [6.07, 6.45) is 0.0681. The predicted octanol–water partition coefficient (Wildman–Crippen LogP) is 0.652. The number of carboxylic acids is 1. The number of methoxy groups -OCH3 is 1. The summed E-state index contributed by atoms with van der Waals surface area (Å²) >= 11 is 0. The zero-order valence-corrected chi connectivity index (χ0v) is 11.9. The molecule has 1 fully saturated rings. The van der Waals surface area contributed by atoms with Gasteiger partial charge in [-0.05, 0) is 19.8 Å². The van der Waals surface area contributed by atoms with Gasteiger partial charge in [-0.3, -0.25) is 4.79 Å². The van der Waals surface area contributed by atoms with Gasteiger partial charge in [0.05, 0.1) is 18.1 Å². The fraction of sp³-hybridized carbons (Fsp3) is 0.846. The monoisotopic (exact) mass is 273 g/mol. The Morgan fingerprint density at radius 1 is 1.32 bits per heavy atom. The van der Waals surface area contributed by atoms with Gasteiger partial charge in [0.15, 0.2) is 0 Å². The van der Waals surface area contributed by atoms with E-state index in [2.05, 4.69) is 5.32 Å². The number of ether oxygens (including phenoxy) is 2. The van der Waals surface area contributed by atoms with Crippen LogP contribution in [0.2, 0.25) is 0 Å². The number of hydrogen-bond acceptors (Lipinski definition) is 4. The Kier molecular flexibility index (Phi) is 5.75. The molecule has 2 N–H and O–H groups in total. The van der Waals surface area contributed by atoms with Crippen molar-refractivity contribution in [2.75, 3.05) is 13.7 Å². The summed E-state index contributed by atoms with van der Waals surface area (Å²) in [6.45, 7) is 6.01. The largest absolute Gasteiger partial charge is 0.480 e. The quantitative estimate of drug-likeness (QED) is 0.742. The highest BCUT2D eigenvalue weighted by atomic mass is 16.5. The Morgan fingerprint density at radius 3 is 2.37 bits per heavy atom. The van der Waals surface area contributed by atoms with E-state index in [4.69, 9.17) is 14.6 Å². The van der Waals surface area contributed by atoms with Crippen molar-refractivity contribution in [1.29, 1.82) is 0 Å². The average molecular weight is 273 g/mol. The molecule has 6 nitrogen and oxygen atoms in total. The van der Waals surface area contributed by atoms with Crippen LogP contribution in [0.3, 0.4) is 0 Å². The first kappa shape index (κ1) is 15.9. The Bertz CT molecular complexity index is 333. The van der Waals surface area contributed by atoms with E-state index in [9.17, 15) is 9.59 Å². The second kappa shape index (κ2) is 6.86. The van der Waals surface area contributed by atoms with Crippen molar-refractivity contribution in [2.24, 2.45) is 11.8 Å². The van der Waals surface area contributed by atoms with E-state index in [0.29, 0.717) is 6.61 Å². The van der Waals surface area contributed by atoms with Gasteiger partial charge in [-0.1, -0.05) is 6.92 Å². The van der Waals surface area contributed by atoms with E-state index in [-0.39, 0.29) is 36.4 Å². The molecular formula is C13H23NO5. The number of carboxylic acid groups (broad SMARTS) is 1. The van der Waals surface area contributed by atoms with Crippen LogP contribution in [0.1, 0.15) is 27.2 Å². The molecule has 0 radical (unpaired) electrons. The van der Waals surface area contributed by atoms with E-state index in [0.717, 1.165) is 0 Å². The van der Waals surface area contributed by atoms with Crippen molar-refractivity contribution < 1.29 is 24.2 Å². The predicted molar refractivity (Wildman–Crippen MR) is 68.7 cm³/mol. The van der Waals surface area contributed by atoms with Gasteiger partial charge in [0.25, 0.3) is 0 Å². The highest BCUT2D eigenvalue weighted by molar-refractivity contribution is 5.85. The summed E-state index contributed by atoms with van der Waals surface area (Å²) < 4.78 is 10.4. The number of amides is 1. The molecule has 0 aromatic rings. The lowest BCUT2D eigenvalue weighted by Gasteiger charge is -2.21. The minimum atomic E-state index is -1.04. The van der Waals surface area contributed by atoms with Crippen LogP contribution in [0.4, 0.5) is 0 Å². The third-order valence-electron chi connectivity index (χ3n) is 3.77. The van der Waals surface area contributed by atoms with Gasteiger partial charge in [0.2, 0.25) is 5.91 Å². The van der Waals surface area contributed by atoms with Crippen LogP contribution in [0.5, 0.6) is 0 Å². The summed E-state index contributed by atoms with van der Waals surface area (Å²) in [5.41, 5.74) is 0. The van der Waals surface area contributed by atoms with E-state index >= 15 is 0 Å². The fourth-order valence-corrected chi connectivity index (χ4v) is 2.48. The molecule has 0 aromatic heterocycles. The van der Waals surface area contributed by atoms with Crippen LogP contribution < -0.4 is 5.32 Å². The van der Waals surface area contributed by atoms with E-state index < -0.39 is 12.0 Å². The molecule has 0 aromatic carbocycles.